The molecular weight excluding hydrogens is 1790 g/mol. The van der Waals surface area contributed by atoms with Crippen LogP contribution in [-0.4, -0.2) is 154 Å². The molecule has 0 fully saturated rings. The lowest BCUT2D eigenvalue weighted by Gasteiger charge is -2.42. The highest BCUT2D eigenvalue weighted by Crippen LogP contribution is 2.40. The Balaban J connectivity index is 0.000000285. The molecular formula is C111H141N3O24Si. The minimum absolute atomic E-state index is 0.00458. The molecule has 2 amide bonds. The number of nitrogens with two attached hydrogens (primary N) is 1. The molecule has 0 spiro atoms. The Morgan fingerprint density at radius 1 is 0.288 bits per heavy atom. The highest BCUT2D eigenvalue weighted by molar-refractivity contribution is 6.74. The van der Waals surface area contributed by atoms with Gasteiger partial charge in [-0.2, -0.15) is 0 Å². The first kappa shape index (κ1) is 113. The fourth-order valence-electron chi connectivity index (χ4n) is 13.6. The predicted molar refractivity (Wildman–Crippen MR) is 530 cm³/mol. The van der Waals surface area contributed by atoms with E-state index in [-0.39, 0.29) is 70.7 Å². The van der Waals surface area contributed by atoms with E-state index in [2.05, 4.69) is 44.5 Å². The minimum Gasteiger partial charge on any atom is -0.461 e. The molecule has 0 bridgehead atoms. The second-order valence-electron chi connectivity index (χ2n) is 38.1. The van der Waals surface area contributed by atoms with Crippen molar-refractivity contribution in [2.75, 3.05) is 19.8 Å². The lowest BCUT2D eigenvalue weighted by atomic mass is 9.90. The van der Waals surface area contributed by atoms with E-state index in [1.54, 1.807) is 83.1 Å². The van der Waals surface area contributed by atoms with E-state index >= 15 is 0 Å². The molecule has 2 unspecified atom stereocenters. The van der Waals surface area contributed by atoms with Gasteiger partial charge in [0.25, 0.3) is 0 Å². The molecule has 748 valence electrons. The van der Waals surface area contributed by atoms with Crippen LogP contribution >= 0.6 is 0 Å². The third-order valence-electron chi connectivity index (χ3n) is 22.1. The summed E-state index contributed by atoms with van der Waals surface area (Å²) in [6, 6.07) is 80.9. The van der Waals surface area contributed by atoms with Crippen molar-refractivity contribution in [2.45, 2.75) is 254 Å². The van der Waals surface area contributed by atoms with Crippen molar-refractivity contribution in [3.05, 3.63) is 323 Å². The first-order valence-electron chi connectivity index (χ1n) is 47.0. The average molecular weight is 1930 g/mol. The highest BCUT2D eigenvalue weighted by Gasteiger charge is 2.47. The molecule has 0 aliphatic carbocycles. The van der Waals surface area contributed by atoms with E-state index in [4.69, 9.17) is 71.7 Å². The number of esters is 8. The van der Waals surface area contributed by atoms with Gasteiger partial charge in [-0.25, -0.2) is 19.2 Å². The van der Waals surface area contributed by atoms with Gasteiger partial charge in [-0.1, -0.05) is 321 Å². The number of ether oxygens (including phenoxy) is 13. The smallest absolute Gasteiger partial charge is 0.408 e. The second kappa shape index (κ2) is 57.6. The van der Waals surface area contributed by atoms with Gasteiger partial charge in [-0.3, -0.25) is 28.8 Å². The van der Waals surface area contributed by atoms with Crippen molar-refractivity contribution in [1.82, 2.24) is 10.6 Å². The largest absolute Gasteiger partial charge is 0.461 e. The molecule has 9 aromatic carbocycles. The normalized spacial score (nSPS) is 14.1. The summed E-state index contributed by atoms with van der Waals surface area (Å²) in [6.07, 6.45) is -7.21. The molecule has 0 aliphatic heterocycles. The number of hydrogen-bond acceptors (Lipinski definition) is 25. The summed E-state index contributed by atoms with van der Waals surface area (Å²) in [5, 5.41) is 4.94. The number of hydrogen-bond donors (Lipinski definition) is 3. The van der Waals surface area contributed by atoms with E-state index in [0.717, 1.165) is 50.1 Å². The molecule has 139 heavy (non-hydrogen) atoms. The first-order chi connectivity index (χ1) is 66.0. The summed E-state index contributed by atoms with van der Waals surface area (Å²) in [5.74, 6) is -8.87. The van der Waals surface area contributed by atoms with E-state index in [1.165, 1.54) is 6.92 Å². The number of rotatable bonds is 47. The van der Waals surface area contributed by atoms with Gasteiger partial charge >= 0.3 is 59.9 Å². The van der Waals surface area contributed by atoms with Gasteiger partial charge in [0.2, 0.25) is 0 Å². The maximum absolute atomic E-state index is 14.1. The van der Waals surface area contributed by atoms with Crippen LogP contribution in [0.1, 0.15) is 161 Å². The Labute approximate surface area is 820 Å². The summed E-state index contributed by atoms with van der Waals surface area (Å²) in [5.41, 5.74) is 12.2. The van der Waals surface area contributed by atoms with Gasteiger partial charge in [0.1, 0.15) is 67.2 Å². The maximum Gasteiger partial charge on any atom is 0.408 e. The maximum atomic E-state index is 14.1. The standard InChI is InChI=1S/C40H55NO8Si.C38H47NO9.C33H39NO7/c1-29(47-37(43)34(41-38(44)48-39(2,3)4)28-45-26-31-21-15-11-16-22-31)35(49-50(8,9)40(5,6)7)33(25-30-19-13-10-14-20-30)36(42)46-27-32-23-17-12-18-24-32;1-26(2)34(40)47-33(31(22-28-16-10-7-11-17-28)35(41)45-24-30-20-14-9-15-21-30)27(3)46-36(42)32(39-37(43)48-38(4,5)6)25-44-23-29-18-12-8-13-19-29;1-23(2)31(35)41-30(24(3)40-33(37)29(34)22-38-20-26-15-9-5-10-16-26)28(19-25-13-7-4-8-14-25)32(36)39-21-27-17-11-6-12-18-27/h10-24,29,33-35H,25-28H2,1-9H3,(H,41,44);7-21,26-27,31-33H,22-25H2,1-6H3,(H,39,43);4-18,23-24,28-30H,19-22,34H2,1-3H3/t29-,33+,34?,35-;27-,31+,32?,33-;24-,28+,29-,30-/m000/s1. The van der Waals surface area contributed by atoms with Crippen LogP contribution in [0.4, 0.5) is 9.59 Å². The Bertz CT molecular complexity index is 5170. The molecule has 9 aromatic rings. The number of carbonyl (C=O) groups is 10. The molecule has 4 N–H and O–H groups in total. The molecule has 28 heteroatoms. The van der Waals surface area contributed by atoms with E-state index in [0.29, 0.717) is 13.0 Å². The zero-order chi connectivity index (χ0) is 102. The topological polar surface area (TPSA) is 350 Å². The number of benzene rings is 9. The summed E-state index contributed by atoms with van der Waals surface area (Å²) in [6.45, 7) is 32.7. The third kappa shape index (κ3) is 42.3. The number of amides is 2. The zero-order valence-corrected chi connectivity index (χ0v) is 84.4. The van der Waals surface area contributed by atoms with Crippen molar-refractivity contribution in [3.8, 4) is 0 Å². The lowest BCUT2D eigenvalue weighted by Crippen LogP contribution is -2.53. The van der Waals surface area contributed by atoms with Gasteiger partial charge < -0.3 is 82.4 Å². The van der Waals surface area contributed by atoms with Crippen LogP contribution in [0.15, 0.2) is 273 Å². The van der Waals surface area contributed by atoms with Crippen molar-refractivity contribution < 1.29 is 114 Å². The molecule has 0 heterocycles. The molecule has 0 saturated carbocycles. The summed E-state index contributed by atoms with van der Waals surface area (Å²) < 4.78 is 81.6. The third-order valence-corrected chi connectivity index (χ3v) is 26.6. The Morgan fingerprint density at radius 2 is 0.518 bits per heavy atom. The van der Waals surface area contributed by atoms with Crippen LogP contribution in [0.5, 0.6) is 0 Å². The lowest BCUT2D eigenvalue weighted by molar-refractivity contribution is -0.182. The SMILES string of the molecule is CC(C)C(=O)O[C@@H]([C@H](C)OC(=O)C(COCc1ccccc1)NC(=O)OC(C)(C)C)[C@@H](Cc1ccccc1)C(=O)OCc1ccccc1.CC(C)C(=O)O[C@@H]([C@H](C)OC(=O)[C@@H](N)COCc1ccccc1)[C@@H](Cc1ccccc1)C(=O)OCc1ccccc1.C[C@H](OC(=O)C(COCc1ccccc1)NC(=O)OC(C)(C)C)[C@H](O[Si](C)(C)C(C)(C)C)[C@@H](Cc1ccccc1)C(=O)OCc1ccccc1. The van der Waals surface area contributed by atoms with Crippen LogP contribution in [-0.2, 0) is 163 Å². The van der Waals surface area contributed by atoms with Crippen LogP contribution < -0.4 is 16.4 Å². The summed E-state index contributed by atoms with van der Waals surface area (Å²) in [4.78, 5) is 133. The number of carbonyl (C=O) groups excluding carboxylic acids is 10. The quantitative estimate of drug-likeness (QED) is 0.0181. The van der Waals surface area contributed by atoms with Crippen LogP contribution in [0, 0.1) is 29.6 Å². The van der Waals surface area contributed by atoms with Gasteiger partial charge in [-0.15, -0.1) is 0 Å². The van der Waals surface area contributed by atoms with Crippen LogP contribution in [0.25, 0.3) is 0 Å². The average Bonchev–Trinajstić information content (AvgIpc) is 0.790. The highest BCUT2D eigenvalue weighted by atomic mass is 28.4. The Morgan fingerprint density at radius 3 is 0.770 bits per heavy atom. The van der Waals surface area contributed by atoms with E-state index in [1.807, 2.05) is 273 Å². The molecule has 0 aliphatic rings. The van der Waals surface area contributed by atoms with Gasteiger partial charge in [0.15, 0.2) is 32.6 Å². The van der Waals surface area contributed by atoms with Crippen molar-refractivity contribution in [3.63, 3.8) is 0 Å². The monoisotopic (exact) mass is 1930 g/mol. The molecule has 0 saturated heterocycles. The fraction of sp³-hybridized carbons (Fsp3) is 0.423. The Kier molecular flexibility index (Phi) is 47.0. The molecule has 9 rings (SSSR count). The van der Waals surface area contributed by atoms with Crippen molar-refractivity contribution >= 4 is 68.3 Å². The minimum atomic E-state index is -2.55. The summed E-state index contributed by atoms with van der Waals surface area (Å²) >= 11 is 0. The predicted octanol–water partition coefficient (Wildman–Crippen LogP) is 18.9. The Hall–Kier alpha value is -12.7. The van der Waals surface area contributed by atoms with Crippen molar-refractivity contribution in [1.29, 1.82) is 0 Å². The summed E-state index contributed by atoms with van der Waals surface area (Å²) in [7, 11) is -2.55. The van der Waals surface area contributed by atoms with E-state index in [9.17, 15) is 47.9 Å². The van der Waals surface area contributed by atoms with Gasteiger partial charge in [0.05, 0.1) is 63.5 Å². The molecule has 0 radical (unpaired) electrons. The van der Waals surface area contributed by atoms with Crippen molar-refractivity contribution in [2.24, 2.45) is 35.3 Å². The van der Waals surface area contributed by atoms with Gasteiger partial charge in [-0.05, 0) is 150 Å². The number of alkyl carbamates (subject to hydrolysis) is 2. The fourth-order valence-corrected chi connectivity index (χ4v) is 15.0. The number of nitrogens with one attached hydrogen (secondary N) is 2. The first-order valence-corrected chi connectivity index (χ1v) is 50.0. The molecule has 27 nitrogen and oxygen atoms in total. The second-order valence-corrected chi connectivity index (χ2v) is 42.8. The van der Waals surface area contributed by atoms with Crippen LogP contribution in [0.2, 0.25) is 18.1 Å². The van der Waals surface area contributed by atoms with Crippen LogP contribution in [0.3, 0.4) is 0 Å². The molecule has 12 atom stereocenters. The van der Waals surface area contributed by atoms with Gasteiger partial charge in [0, 0.05) is 0 Å². The molecule has 0 aromatic heterocycles. The zero-order valence-electron chi connectivity index (χ0n) is 83.4. The van der Waals surface area contributed by atoms with E-state index < -0.39 is 164 Å².